The van der Waals surface area contributed by atoms with Crippen molar-refractivity contribution in [1.82, 2.24) is 4.98 Å². The normalized spacial score (nSPS) is 20.5. The van der Waals surface area contributed by atoms with Crippen LogP contribution in [0.3, 0.4) is 0 Å². The molecular formula is C20H22FN3O2. The number of rotatable bonds is 4. The number of morpholine rings is 1. The van der Waals surface area contributed by atoms with Crippen LogP contribution in [-0.2, 0) is 11.3 Å². The zero-order valence-electron chi connectivity index (χ0n) is 14.9. The van der Waals surface area contributed by atoms with Crippen molar-refractivity contribution in [2.24, 2.45) is 0 Å². The van der Waals surface area contributed by atoms with Crippen LogP contribution in [0.25, 0.3) is 11.1 Å². The zero-order chi connectivity index (χ0) is 18.1. The van der Waals surface area contributed by atoms with Gasteiger partial charge in [0, 0.05) is 19.6 Å². The van der Waals surface area contributed by atoms with E-state index in [0.29, 0.717) is 31.3 Å². The van der Waals surface area contributed by atoms with E-state index in [-0.39, 0.29) is 18.0 Å². The molecule has 1 aliphatic rings. The zero-order valence-corrected chi connectivity index (χ0v) is 14.9. The van der Waals surface area contributed by atoms with Crippen LogP contribution in [0.5, 0.6) is 0 Å². The maximum Gasteiger partial charge on any atom is 0.295 e. The molecular weight excluding hydrogens is 333 g/mol. The van der Waals surface area contributed by atoms with E-state index in [1.807, 2.05) is 55.1 Å². The van der Waals surface area contributed by atoms with Crippen molar-refractivity contribution in [3.63, 3.8) is 0 Å². The fraction of sp³-hybridized carbons (Fsp3) is 0.350. The Labute approximate surface area is 151 Å². The minimum atomic E-state index is -0.219. The highest BCUT2D eigenvalue weighted by molar-refractivity contribution is 5.74. The van der Waals surface area contributed by atoms with E-state index < -0.39 is 0 Å². The van der Waals surface area contributed by atoms with Gasteiger partial charge in [-0.05, 0) is 43.7 Å². The Bertz CT molecular complexity index is 868. The number of nitrogens with one attached hydrogen (secondary N) is 1. The molecule has 0 spiro atoms. The largest absolute Gasteiger partial charge is 0.424 e. The molecule has 1 aliphatic heterocycles. The SMILES string of the molecule is C[C@@H]1CN(c2ccc(CNc3nc4ccccc4o3)cc2F)C[C@H](C)O1. The van der Waals surface area contributed by atoms with Crippen molar-refractivity contribution in [3.8, 4) is 0 Å². The highest BCUT2D eigenvalue weighted by atomic mass is 19.1. The monoisotopic (exact) mass is 355 g/mol. The number of ether oxygens (including phenoxy) is 1. The third-order valence-corrected chi connectivity index (χ3v) is 4.51. The second-order valence-corrected chi connectivity index (χ2v) is 6.79. The molecule has 0 bridgehead atoms. The van der Waals surface area contributed by atoms with Crippen molar-refractivity contribution in [1.29, 1.82) is 0 Å². The summed E-state index contributed by atoms with van der Waals surface area (Å²) in [6.07, 6.45) is 0.192. The lowest BCUT2D eigenvalue weighted by atomic mass is 10.1. The molecule has 136 valence electrons. The van der Waals surface area contributed by atoms with Crippen LogP contribution in [-0.4, -0.2) is 30.3 Å². The summed E-state index contributed by atoms with van der Waals surface area (Å²) in [6, 6.07) is 13.3. The highest BCUT2D eigenvalue weighted by Crippen LogP contribution is 2.25. The summed E-state index contributed by atoms with van der Waals surface area (Å²) >= 11 is 0. The van der Waals surface area contributed by atoms with Crippen LogP contribution in [0.4, 0.5) is 16.1 Å². The molecule has 1 fully saturated rings. The van der Waals surface area contributed by atoms with E-state index in [0.717, 1.165) is 16.7 Å². The van der Waals surface area contributed by atoms with Crippen LogP contribution in [0, 0.1) is 5.82 Å². The van der Waals surface area contributed by atoms with Gasteiger partial charge in [-0.3, -0.25) is 0 Å². The van der Waals surface area contributed by atoms with Gasteiger partial charge in [0.25, 0.3) is 6.01 Å². The molecule has 1 aromatic heterocycles. The number of nitrogens with zero attached hydrogens (tertiary/aromatic N) is 2. The van der Waals surface area contributed by atoms with Gasteiger partial charge in [-0.15, -0.1) is 0 Å². The molecule has 6 heteroatoms. The maximum absolute atomic E-state index is 14.6. The van der Waals surface area contributed by atoms with Crippen LogP contribution < -0.4 is 10.2 Å². The molecule has 5 nitrogen and oxygen atoms in total. The van der Waals surface area contributed by atoms with Gasteiger partial charge in [-0.2, -0.15) is 4.98 Å². The molecule has 3 aromatic rings. The number of fused-ring (bicyclic) bond motifs is 1. The first kappa shape index (κ1) is 16.8. The molecule has 1 N–H and O–H groups in total. The van der Waals surface area contributed by atoms with Crippen molar-refractivity contribution >= 4 is 22.8 Å². The number of para-hydroxylation sites is 2. The average molecular weight is 355 g/mol. The number of halogens is 1. The maximum atomic E-state index is 14.6. The lowest BCUT2D eigenvalue weighted by molar-refractivity contribution is -0.00539. The smallest absolute Gasteiger partial charge is 0.295 e. The molecule has 0 amide bonds. The first-order chi connectivity index (χ1) is 12.6. The van der Waals surface area contributed by atoms with Crippen LogP contribution in [0.1, 0.15) is 19.4 Å². The van der Waals surface area contributed by atoms with Crippen LogP contribution in [0.15, 0.2) is 46.9 Å². The minimum Gasteiger partial charge on any atom is -0.424 e. The Hall–Kier alpha value is -2.60. The number of hydrogen-bond donors (Lipinski definition) is 1. The Morgan fingerprint density at radius 1 is 1.15 bits per heavy atom. The van der Waals surface area contributed by atoms with Crippen molar-refractivity contribution in [2.75, 3.05) is 23.3 Å². The predicted molar refractivity (Wildman–Crippen MR) is 100.0 cm³/mol. The molecule has 0 saturated carbocycles. The number of anilines is 2. The Morgan fingerprint density at radius 2 is 1.92 bits per heavy atom. The van der Waals surface area contributed by atoms with Crippen molar-refractivity contribution in [3.05, 3.63) is 53.8 Å². The second kappa shape index (κ2) is 6.96. The van der Waals surface area contributed by atoms with E-state index >= 15 is 0 Å². The number of hydrogen-bond acceptors (Lipinski definition) is 5. The predicted octanol–water partition coefficient (Wildman–Crippen LogP) is 4.19. The molecule has 1 saturated heterocycles. The van der Waals surface area contributed by atoms with E-state index in [2.05, 4.69) is 10.3 Å². The van der Waals surface area contributed by atoms with Gasteiger partial charge in [0.15, 0.2) is 5.58 Å². The Balaban J connectivity index is 1.45. The summed E-state index contributed by atoms with van der Waals surface area (Å²) < 4.78 is 26.0. The van der Waals surface area contributed by atoms with Gasteiger partial charge in [0.1, 0.15) is 11.3 Å². The molecule has 2 aromatic carbocycles. The molecule has 2 atom stereocenters. The van der Waals surface area contributed by atoms with Crippen molar-refractivity contribution in [2.45, 2.75) is 32.6 Å². The summed E-state index contributed by atoms with van der Waals surface area (Å²) in [5, 5.41) is 3.11. The summed E-state index contributed by atoms with van der Waals surface area (Å²) in [6.45, 7) is 5.86. The van der Waals surface area contributed by atoms with Crippen LogP contribution >= 0.6 is 0 Å². The summed E-state index contributed by atoms with van der Waals surface area (Å²) in [5.41, 5.74) is 2.99. The third kappa shape index (κ3) is 3.51. The standard InChI is InChI=1S/C20H22FN3O2/c1-13-11-24(12-14(2)25-13)18-8-7-15(9-16(18)21)10-22-20-23-17-5-3-4-6-19(17)26-20/h3-9,13-14H,10-12H2,1-2H3,(H,22,23)/t13-,14+. The Kier molecular flexibility index (Phi) is 4.51. The molecule has 2 heterocycles. The molecule has 0 aliphatic carbocycles. The Morgan fingerprint density at radius 3 is 2.65 bits per heavy atom. The van der Waals surface area contributed by atoms with E-state index in [4.69, 9.17) is 9.15 Å². The third-order valence-electron chi connectivity index (χ3n) is 4.51. The number of aromatic nitrogens is 1. The van der Waals surface area contributed by atoms with E-state index in [1.165, 1.54) is 0 Å². The lowest BCUT2D eigenvalue weighted by Crippen LogP contribution is -2.45. The molecule has 0 radical (unpaired) electrons. The fourth-order valence-electron chi connectivity index (χ4n) is 3.42. The second-order valence-electron chi connectivity index (χ2n) is 6.79. The minimum absolute atomic E-state index is 0.0960. The van der Waals surface area contributed by atoms with Gasteiger partial charge in [-0.25, -0.2) is 4.39 Å². The quantitative estimate of drug-likeness (QED) is 0.760. The van der Waals surface area contributed by atoms with Crippen molar-refractivity contribution < 1.29 is 13.5 Å². The first-order valence-electron chi connectivity index (χ1n) is 8.87. The van der Waals surface area contributed by atoms with Gasteiger partial charge in [0.05, 0.1) is 17.9 Å². The molecule has 4 rings (SSSR count). The number of benzene rings is 2. The van der Waals surface area contributed by atoms with Gasteiger partial charge in [0.2, 0.25) is 0 Å². The summed E-state index contributed by atoms with van der Waals surface area (Å²) in [5.74, 6) is -0.219. The summed E-state index contributed by atoms with van der Waals surface area (Å²) in [4.78, 5) is 6.41. The lowest BCUT2D eigenvalue weighted by Gasteiger charge is -2.37. The topological polar surface area (TPSA) is 50.5 Å². The first-order valence-corrected chi connectivity index (χ1v) is 8.87. The highest BCUT2D eigenvalue weighted by Gasteiger charge is 2.24. The van der Waals surface area contributed by atoms with E-state index in [1.54, 1.807) is 6.07 Å². The van der Waals surface area contributed by atoms with E-state index in [9.17, 15) is 4.39 Å². The van der Waals surface area contributed by atoms with Gasteiger partial charge < -0.3 is 19.4 Å². The number of oxazole rings is 1. The summed E-state index contributed by atoms with van der Waals surface area (Å²) in [7, 11) is 0. The van der Waals surface area contributed by atoms with Crippen LogP contribution in [0.2, 0.25) is 0 Å². The molecule has 0 unspecified atom stereocenters. The fourth-order valence-corrected chi connectivity index (χ4v) is 3.42. The van der Waals surface area contributed by atoms with Gasteiger partial charge in [-0.1, -0.05) is 18.2 Å². The molecule has 26 heavy (non-hydrogen) atoms. The van der Waals surface area contributed by atoms with Gasteiger partial charge >= 0.3 is 0 Å². The average Bonchev–Trinajstić information content (AvgIpc) is 3.02.